The van der Waals surface area contributed by atoms with E-state index in [0.29, 0.717) is 23.8 Å². The van der Waals surface area contributed by atoms with Crippen LogP contribution in [0.3, 0.4) is 0 Å². The molecule has 0 atom stereocenters. The van der Waals surface area contributed by atoms with Crippen LogP contribution in [0.15, 0.2) is 18.2 Å². The Morgan fingerprint density at radius 1 is 1.22 bits per heavy atom. The zero-order valence-corrected chi connectivity index (χ0v) is 21.6. The molecule has 1 saturated heterocycles. The number of aromatic nitrogens is 2. The molecular weight excluding hydrogens is 509 g/mol. The number of carbonyl (C=O) groups excluding carboxylic acids is 2. The third-order valence-corrected chi connectivity index (χ3v) is 7.39. The highest BCUT2D eigenvalue weighted by molar-refractivity contribution is 6.00. The summed E-state index contributed by atoms with van der Waals surface area (Å²) in [6.07, 6.45) is -0.942. The predicted molar refractivity (Wildman–Crippen MR) is 135 cm³/mol. The second kappa shape index (κ2) is 9.83. The van der Waals surface area contributed by atoms with Crippen LogP contribution in [0, 0.1) is 5.92 Å². The Hall–Kier alpha value is -2.79. The summed E-state index contributed by atoms with van der Waals surface area (Å²) in [5, 5.41) is 10.5. The number of alkyl halides is 3. The minimum atomic E-state index is -4.79. The van der Waals surface area contributed by atoms with E-state index >= 15 is 0 Å². The highest BCUT2D eigenvalue weighted by Crippen LogP contribution is 2.42. The molecule has 0 bridgehead atoms. The number of nitrogens with two attached hydrogens (primary N) is 1. The molecule has 8 nitrogen and oxygen atoms in total. The molecule has 1 saturated carbocycles. The lowest BCUT2D eigenvalue weighted by Crippen LogP contribution is -2.54. The first-order valence-electron chi connectivity index (χ1n) is 12.4. The van der Waals surface area contributed by atoms with E-state index < -0.39 is 29.2 Å². The molecule has 4 N–H and O–H groups in total. The Balaban J connectivity index is 0.00000320. The van der Waals surface area contributed by atoms with E-state index in [1.54, 1.807) is 11.0 Å². The van der Waals surface area contributed by atoms with Gasteiger partial charge < -0.3 is 21.3 Å². The third-order valence-electron chi connectivity index (χ3n) is 7.39. The molecule has 3 heterocycles. The number of hydrogen-bond acceptors (Lipinski definition) is 5. The van der Waals surface area contributed by atoms with E-state index in [2.05, 4.69) is 15.7 Å². The van der Waals surface area contributed by atoms with Crippen molar-refractivity contribution in [3.05, 3.63) is 40.7 Å². The lowest BCUT2D eigenvalue weighted by Gasteiger charge is -2.42. The number of primary amides is 1. The SMILES string of the molecule is CC1(C)Cc2c(c(C(F)(F)F)nn2-c2ccc(C(N)=O)c(NC3CCNCC3)c2)C(=O)N1CC1CC1.Cl. The minimum absolute atomic E-state index is 0. The van der Waals surface area contributed by atoms with Crippen LogP contribution in [0.25, 0.3) is 5.69 Å². The molecule has 5 rings (SSSR count). The van der Waals surface area contributed by atoms with Crippen LogP contribution in [0.5, 0.6) is 0 Å². The summed E-state index contributed by atoms with van der Waals surface area (Å²) in [5.41, 5.74) is 4.61. The van der Waals surface area contributed by atoms with Gasteiger partial charge >= 0.3 is 6.18 Å². The Bertz CT molecular complexity index is 1200. The molecule has 0 unspecified atom stereocenters. The van der Waals surface area contributed by atoms with Crippen molar-refractivity contribution in [2.24, 2.45) is 11.7 Å². The van der Waals surface area contributed by atoms with Gasteiger partial charge in [0.1, 0.15) is 0 Å². The van der Waals surface area contributed by atoms with Crippen molar-refractivity contribution in [2.75, 3.05) is 25.0 Å². The van der Waals surface area contributed by atoms with Gasteiger partial charge in [-0.15, -0.1) is 12.4 Å². The van der Waals surface area contributed by atoms with Crippen molar-refractivity contribution in [2.45, 2.75) is 63.7 Å². The van der Waals surface area contributed by atoms with Crippen molar-refractivity contribution < 1.29 is 22.8 Å². The first-order chi connectivity index (χ1) is 17.0. The maximum absolute atomic E-state index is 14.1. The Morgan fingerprint density at radius 3 is 2.49 bits per heavy atom. The van der Waals surface area contributed by atoms with Gasteiger partial charge in [-0.3, -0.25) is 9.59 Å². The highest BCUT2D eigenvalue weighted by Gasteiger charge is 2.49. The second-order valence-corrected chi connectivity index (χ2v) is 10.7. The first-order valence-corrected chi connectivity index (χ1v) is 12.4. The summed E-state index contributed by atoms with van der Waals surface area (Å²) in [6, 6.07) is 4.71. The molecule has 1 aromatic carbocycles. The van der Waals surface area contributed by atoms with Crippen LogP contribution in [0.4, 0.5) is 18.9 Å². The molecule has 12 heteroatoms. The average Bonchev–Trinajstić information content (AvgIpc) is 3.54. The number of nitrogens with one attached hydrogen (secondary N) is 2. The van der Waals surface area contributed by atoms with Gasteiger partial charge in [0.2, 0.25) is 0 Å². The Kier molecular flexibility index (Phi) is 7.24. The number of carbonyl (C=O) groups is 2. The molecule has 37 heavy (non-hydrogen) atoms. The van der Waals surface area contributed by atoms with Crippen LogP contribution >= 0.6 is 12.4 Å². The molecule has 2 aliphatic heterocycles. The topological polar surface area (TPSA) is 105 Å². The molecule has 3 aliphatic rings. The third kappa shape index (κ3) is 5.29. The summed E-state index contributed by atoms with van der Waals surface area (Å²) < 4.78 is 43.5. The summed E-state index contributed by atoms with van der Waals surface area (Å²) in [6.45, 7) is 5.84. The number of fused-ring (bicyclic) bond motifs is 1. The fourth-order valence-corrected chi connectivity index (χ4v) is 5.24. The summed E-state index contributed by atoms with van der Waals surface area (Å²) in [5.74, 6) is -0.929. The first kappa shape index (κ1) is 27.3. The van der Waals surface area contributed by atoms with Gasteiger partial charge in [0, 0.05) is 30.2 Å². The monoisotopic (exact) mass is 540 g/mol. The van der Waals surface area contributed by atoms with E-state index in [4.69, 9.17) is 5.73 Å². The van der Waals surface area contributed by atoms with E-state index in [1.807, 2.05) is 13.8 Å². The maximum Gasteiger partial charge on any atom is 0.435 e. The fourth-order valence-electron chi connectivity index (χ4n) is 5.24. The zero-order chi connectivity index (χ0) is 25.8. The Morgan fingerprint density at radius 2 is 1.89 bits per heavy atom. The lowest BCUT2D eigenvalue weighted by atomic mass is 9.87. The average molecular weight is 541 g/mol. The number of anilines is 1. The van der Waals surface area contributed by atoms with Gasteiger partial charge in [0.15, 0.2) is 5.69 Å². The molecule has 2 amide bonds. The number of benzene rings is 1. The van der Waals surface area contributed by atoms with Crippen LogP contribution in [-0.4, -0.2) is 57.7 Å². The van der Waals surface area contributed by atoms with Crippen molar-refractivity contribution in [3.8, 4) is 5.69 Å². The van der Waals surface area contributed by atoms with Gasteiger partial charge in [-0.2, -0.15) is 18.3 Å². The zero-order valence-electron chi connectivity index (χ0n) is 20.8. The Labute approximate surface area is 219 Å². The highest BCUT2D eigenvalue weighted by atomic mass is 35.5. The quantitative estimate of drug-likeness (QED) is 0.517. The maximum atomic E-state index is 14.1. The smallest absolute Gasteiger partial charge is 0.382 e. The van der Waals surface area contributed by atoms with Gasteiger partial charge in [-0.25, -0.2) is 4.68 Å². The number of amides is 2. The lowest BCUT2D eigenvalue weighted by molar-refractivity contribution is -0.141. The van der Waals surface area contributed by atoms with E-state index in [-0.39, 0.29) is 41.7 Å². The van der Waals surface area contributed by atoms with E-state index in [9.17, 15) is 22.8 Å². The largest absolute Gasteiger partial charge is 0.435 e. The van der Waals surface area contributed by atoms with Crippen LogP contribution in [0.2, 0.25) is 0 Å². The van der Waals surface area contributed by atoms with Crippen molar-refractivity contribution >= 4 is 29.9 Å². The number of halogens is 4. The molecule has 0 radical (unpaired) electrons. The van der Waals surface area contributed by atoms with Gasteiger partial charge in [0.05, 0.1) is 22.5 Å². The summed E-state index contributed by atoms with van der Waals surface area (Å²) >= 11 is 0. The van der Waals surface area contributed by atoms with E-state index in [0.717, 1.165) is 38.8 Å². The van der Waals surface area contributed by atoms with Crippen molar-refractivity contribution in [1.82, 2.24) is 20.0 Å². The molecule has 0 spiro atoms. The predicted octanol–water partition coefficient (Wildman–Crippen LogP) is 3.76. The standard InChI is InChI=1S/C25H31F3N6O2.ClH/c1-24(2)12-19-20(23(36)33(24)13-14-3-4-14)21(25(26,27)28)32-34(19)16-5-6-17(22(29)35)18(11-16)31-15-7-9-30-10-8-15;/h5-6,11,14-15,30-31H,3-4,7-10,12-13H2,1-2H3,(H2,29,35);1H. The summed E-state index contributed by atoms with van der Waals surface area (Å²) in [4.78, 5) is 27.1. The fraction of sp³-hybridized carbons (Fsp3) is 0.560. The minimum Gasteiger partial charge on any atom is -0.382 e. The number of nitrogens with zero attached hydrogens (tertiary/aromatic N) is 3. The van der Waals surface area contributed by atoms with E-state index in [1.165, 1.54) is 16.8 Å². The van der Waals surface area contributed by atoms with Crippen molar-refractivity contribution in [1.29, 1.82) is 0 Å². The number of hydrogen-bond donors (Lipinski definition) is 3. The molecule has 2 fully saturated rings. The van der Waals surface area contributed by atoms with Crippen LogP contribution in [0.1, 0.15) is 71.6 Å². The molecule has 1 aliphatic carbocycles. The normalized spacial score (nSPS) is 19.8. The summed E-state index contributed by atoms with van der Waals surface area (Å²) in [7, 11) is 0. The molecule has 2 aromatic rings. The number of rotatable bonds is 6. The molecular formula is C25H32ClF3N6O2. The van der Waals surface area contributed by atoms with Gasteiger partial charge in [0.25, 0.3) is 11.8 Å². The molecule has 202 valence electrons. The van der Waals surface area contributed by atoms with Crippen LogP contribution < -0.4 is 16.4 Å². The van der Waals surface area contributed by atoms with Crippen molar-refractivity contribution in [3.63, 3.8) is 0 Å². The van der Waals surface area contributed by atoms with Crippen LogP contribution in [-0.2, 0) is 12.6 Å². The van der Waals surface area contributed by atoms with Gasteiger partial charge in [-0.05, 0) is 76.7 Å². The molecule has 1 aromatic heterocycles. The number of piperidine rings is 1. The van der Waals surface area contributed by atoms with Gasteiger partial charge in [-0.1, -0.05) is 0 Å². The second-order valence-electron chi connectivity index (χ2n) is 10.7.